The van der Waals surface area contributed by atoms with Crippen LogP contribution in [0.2, 0.25) is 0 Å². The fourth-order valence-electron chi connectivity index (χ4n) is 3.65. The zero-order valence-corrected chi connectivity index (χ0v) is 16.6. The van der Waals surface area contributed by atoms with E-state index in [9.17, 15) is 14.4 Å². The van der Waals surface area contributed by atoms with Crippen molar-refractivity contribution >= 4 is 22.7 Å². The lowest BCUT2D eigenvalue weighted by Crippen LogP contribution is -2.47. The number of nitrogens with zero attached hydrogens (tertiary/aromatic N) is 3. The minimum atomic E-state index is -0.215. The summed E-state index contributed by atoms with van der Waals surface area (Å²) < 4.78 is 1.36. The molecule has 2 heterocycles. The molecule has 1 saturated heterocycles. The van der Waals surface area contributed by atoms with E-state index >= 15 is 0 Å². The summed E-state index contributed by atoms with van der Waals surface area (Å²) in [7, 11) is 0. The number of rotatable bonds is 6. The summed E-state index contributed by atoms with van der Waals surface area (Å²) in [6.07, 6.45) is 5.01. The Labute approximate surface area is 164 Å². The first-order valence-corrected chi connectivity index (χ1v) is 10.0. The lowest BCUT2D eigenvalue weighted by Gasteiger charge is -2.32. The monoisotopic (exact) mass is 384 g/mol. The van der Waals surface area contributed by atoms with Gasteiger partial charge in [0.05, 0.1) is 23.1 Å². The van der Waals surface area contributed by atoms with E-state index in [1.54, 1.807) is 11.0 Å². The minimum absolute atomic E-state index is 0.0194. The fourth-order valence-corrected chi connectivity index (χ4v) is 3.65. The Morgan fingerprint density at radius 1 is 1.32 bits per heavy atom. The average molecular weight is 384 g/mol. The molecular weight excluding hydrogens is 356 g/mol. The van der Waals surface area contributed by atoms with Crippen LogP contribution in [0, 0.1) is 12.8 Å². The van der Waals surface area contributed by atoms with Gasteiger partial charge in [-0.25, -0.2) is 4.98 Å². The molecule has 150 valence electrons. The number of piperidine rings is 1. The molecule has 1 N–H and O–H groups in total. The number of benzene rings is 1. The SMILES string of the molecule is CCCCNC(=O)C1CCCN(C(=O)Cn2cnc3c(C)cccc3c2=O)C1. The first-order chi connectivity index (χ1) is 13.5. The van der Waals surface area contributed by atoms with Gasteiger partial charge in [0, 0.05) is 19.6 Å². The number of nitrogens with one attached hydrogen (secondary N) is 1. The van der Waals surface area contributed by atoms with Gasteiger partial charge in [-0.15, -0.1) is 0 Å². The van der Waals surface area contributed by atoms with Gasteiger partial charge in [0.25, 0.3) is 5.56 Å². The van der Waals surface area contributed by atoms with Crippen molar-refractivity contribution in [2.75, 3.05) is 19.6 Å². The maximum Gasteiger partial charge on any atom is 0.261 e. The number of para-hydroxylation sites is 1. The van der Waals surface area contributed by atoms with E-state index in [-0.39, 0.29) is 29.8 Å². The van der Waals surface area contributed by atoms with Crippen LogP contribution >= 0.6 is 0 Å². The molecule has 1 aromatic heterocycles. The average Bonchev–Trinajstić information content (AvgIpc) is 2.70. The Balaban J connectivity index is 1.67. The Hall–Kier alpha value is -2.70. The number of fused-ring (bicyclic) bond motifs is 1. The van der Waals surface area contributed by atoms with E-state index in [0.717, 1.165) is 31.2 Å². The Bertz CT molecular complexity index is 921. The molecule has 0 aliphatic carbocycles. The molecule has 1 aromatic carbocycles. The molecular formula is C21H28N4O3. The van der Waals surface area contributed by atoms with Crippen molar-refractivity contribution in [1.82, 2.24) is 19.8 Å². The van der Waals surface area contributed by atoms with Crippen LogP contribution in [0.15, 0.2) is 29.3 Å². The smallest absolute Gasteiger partial charge is 0.261 e. The largest absolute Gasteiger partial charge is 0.356 e. The first kappa shape index (κ1) is 20.0. The third-order valence-electron chi connectivity index (χ3n) is 5.34. The summed E-state index contributed by atoms with van der Waals surface area (Å²) in [4.78, 5) is 43.8. The van der Waals surface area contributed by atoms with Crippen LogP contribution in [0.25, 0.3) is 10.9 Å². The standard InChI is InChI=1S/C21H28N4O3/c1-3-4-10-22-20(27)16-8-6-11-24(12-16)18(26)13-25-14-23-19-15(2)7-5-9-17(19)21(25)28/h5,7,9,14,16H,3-4,6,8,10-13H2,1-2H3,(H,22,27). The maximum atomic E-state index is 12.8. The van der Waals surface area contributed by atoms with Gasteiger partial charge in [-0.2, -0.15) is 0 Å². The van der Waals surface area contributed by atoms with Crippen molar-refractivity contribution in [3.63, 3.8) is 0 Å². The second-order valence-electron chi connectivity index (χ2n) is 7.47. The topological polar surface area (TPSA) is 84.3 Å². The van der Waals surface area contributed by atoms with E-state index in [4.69, 9.17) is 0 Å². The molecule has 28 heavy (non-hydrogen) atoms. The van der Waals surface area contributed by atoms with E-state index in [2.05, 4.69) is 17.2 Å². The third kappa shape index (κ3) is 4.40. The van der Waals surface area contributed by atoms with Crippen LogP contribution in [0.4, 0.5) is 0 Å². The quantitative estimate of drug-likeness (QED) is 0.771. The van der Waals surface area contributed by atoms with Crippen molar-refractivity contribution in [2.24, 2.45) is 5.92 Å². The molecule has 0 spiro atoms. The molecule has 1 aliphatic rings. The number of likely N-dealkylation sites (tertiary alicyclic amines) is 1. The molecule has 7 nitrogen and oxygen atoms in total. The second-order valence-corrected chi connectivity index (χ2v) is 7.47. The van der Waals surface area contributed by atoms with Gasteiger partial charge < -0.3 is 10.2 Å². The summed E-state index contributed by atoms with van der Waals surface area (Å²) in [6, 6.07) is 5.46. The summed E-state index contributed by atoms with van der Waals surface area (Å²) in [5.41, 5.74) is 1.38. The van der Waals surface area contributed by atoms with Crippen molar-refractivity contribution in [1.29, 1.82) is 0 Å². The Kier molecular flexibility index (Phi) is 6.44. The number of aromatic nitrogens is 2. The number of aryl methyl sites for hydroxylation is 1. The van der Waals surface area contributed by atoms with E-state index in [1.807, 2.05) is 19.1 Å². The first-order valence-electron chi connectivity index (χ1n) is 10.0. The van der Waals surface area contributed by atoms with Crippen LogP contribution < -0.4 is 10.9 Å². The van der Waals surface area contributed by atoms with Crippen molar-refractivity contribution in [2.45, 2.75) is 46.1 Å². The van der Waals surface area contributed by atoms with E-state index in [0.29, 0.717) is 30.5 Å². The van der Waals surface area contributed by atoms with Gasteiger partial charge in [0.1, 0.15) is 6.54 Å². The van der Waals surface area contributed by atoms with Gasteiger partial charge in [0.2, 0.25) is 11.8 Å². The molecule has 1 fully saturated rings. The van der Waals surface area contributed by atoms with Gasteiger partial charge in [-0.3, -0.25) is 19.0 Å². The van der Waals surface area contributed by atoms with Crippen molar-refractivity contribution in [3.8, 4) is 0 Å². The molecule has 3 rings (SSSR count). The molecule has 0 bridgehead atoms. The molecule has 1 atom stereocenters. The van der Waals surface area contributed by atoms with Crippen molar-refractivity contribution < 1.29 is 9.59 Å². The number of unbranched alkanes of at least 4 members (excludes halogenated alkanes) is 1. The lowest BCUT2D eigenvalue weighted by molar-refractivity contribution is -0.136. The van der Waals surface area contributed by atoms with E-state index < -0.39 is 0 Å². The summed E-state index contributed by atoms with van der Waals surface area (Å²) in [6.45, 7) is 5.64. The molecule has 1 unspecified atom stereocenters. The molecule has 0 saturated carbocycles. The maximum absolute atomic E-state index is 12.8. The molecule has 1 aliphatic heterocycles. The van der Waals surface area contributed by atoms with Crippen LogP contribution in [0.5, 0.6) is 0 Å². The highest BCUT2D eigenvalue weighted by Gasteiger charge is 2.28. The number of carbonyl (C=O) groups is 2. The predicted octanol–water partition coefficient (Wildman–Crippen LogP) is 1.86. The van der Waals surface area contributed by atoms with Gasteiger partial charge in [-0.05, 0) is 37.8 Å². The summed E-state index contributed by atoms with van der Waals surface area (Å²) >= 11 is 0. The highest BCUT2D eigenvalue weighted by Crippen LogP contribution is 2.17. The predicted molar refractivity (Wildman–Crippen MR) is 108 cm³/mol. The van der Waals surface area contributed by atoms with Gasteiger partial charge in [-0.1, -0.05) is 25.5 Å². The van der Waals surface area contributed by atoms with Gasteiger partial charge >= 0.3 is 0 Å². The van der Waals surface area contributed by atoms with E-state index in [1.165, 1.54) is 10.9 Å². The Morgan fingerprint density at radius 3 is 2.93 bits per heavy atom. The zero-order valence-electron chi connectivity index (χ0n) is 16.6. The number of amides is 2. The molecule has 7 heteroatoms. The fraction of sp³-hybridized carbons (Fsp3) is 0.524. The highest BCUT2D eigenvalue weighted by atomic mass is 16.2. The second kappa shape index (κ2) is 8.99. The van der Waals surface area contributed by atoms with Crippen LogP contribution in [-0.2, 0) is 16.1 Å². The molecule has 0 radical (unpaired) electrons. The minimum Gasteiger partial charge on any atom is -0.356 e. The lowest BCUT2D eigenvalue weighted by atomic mass is 9.97. The van der Waals surface area contributed by atoms with Crippen LogP contribution in [-0.4, -0.2) is 45.9 Å². The van der Waals surface area contributed by atoms with Crippen LogP contribution in [0.1, 0.15) is 38.2 Å². The van der Waals surface area contributed by atoms with Crippen molar-refractivity contribution in [3.05, 3.63) is 40.4 Å². The summed E-state index contributed by atoms with van der Waals surface area (Å²) in [5.74, 6) is -0.309. The normalized spacial score (nSPS) is 16.9. The van der Waals surface area contributed by atoms with Crippen LogP contribution in [0.3, 0.4) is 0 Å². The number of hydrogen-bond donors (Lipinski definition) is 1. The summed E-state index contributed by atoms with van der Waals surface area (Å²) in [5, 5.41) is 3.47. The molecule has 2 aromatic rings. The van der Waals surface area contributed by atoms with Gasteiger partial charge in [0.15, 0.2) is 0 Å². The third-order valence-corrected chi connectivity index (χ3v) is 5.34. The zero-order chi connectivity index (χ0) is 20.1. The number of hydrogen-bond acceptors (Lipinski definition) is 4. The highest BCUT2D eigenvalue weighted by molar-refractivity contribution is 5.82. The number of carbonyl (C=O) groups excluding carboxylic acids is 2. The Morgan fingerprint density at radius 2 is 2.14 bits per heavy atom. The molecule has 2 amide bonds.